The van der Waals surface area contributed by atoms with Gasteiger partial charge in [-0.3, -0.25) is 14.0 Å². The van der Waals surface area contributed by atoms with E-state index in [0.717, 1.165) is 54.7 Å². The largest absolute Gasteiger partial charge is 0.381 e. The van der Waals surface area contributed by atoms with Crippen LogP contribution in [0.4, 0.5) is 0 Å². The molecule has 0 aliphatic carbocycles. The number of nitrogens with one attached hydrogen (secondary N) is 1. The van der Waals surface area contributed by atoms with E-state index in [1.54, 1.807) is 0 Å². The van der Waals surface area contributed by atoms with Crippen molar-refractivity contribution in [2.24, 2.45) is 11.8 Å². The maximum Gasteiger partial charge on any atom is 0.246 e. The Morgan fingerprint density at radius 3 is 2.61 bits per heavy atom. The third kappa shape index (κ3) is 4.89. The molecule has 5 rings (SSSR count). The molecule has 2 amide bonds. The van der Waals surface area contributed by atoms with Gasteiger partial charge in [0.25, 0.3) is 0 Å². The molecule has 0 unspecified atom stereocenters. The van der Waals surface area contributed by atoms with E-state index in [9.17, 15) is 9.59 Å². The summed E-state index contributed by atoms with van der Waals surface area (Å²) >= 11 is 0. The van der Waals surface area contributed by atoms with E-state index in [0.29, 0.717) is 19.8 Å². The Balaban J connectivity index is 1.44. The lowest BCUT2D eigenvalue weighted by Crippen LogP contribution is -2.54. The van der Waals surface area contributed by atoms with Crippen molar-refractivity contribution in [3.63, 3.8) is 0 Å². The van der Waals surface area contributed by atoms with Gasteiger partial charge in [0.1, 0.15) is 11.7 Å². The van der Waals surface area contributed by atoms with Crippen LogP contribution < -0.4 is 5.32 Å². The number of aromatic nitrogens is 2. The van der Waals surface area contributed by atoms with Gasteiger partial charge in [-0.15, -0.1) is 0 Å². The van der Waals surface area contributed by atoms with E-state index in [4.69, 9.17) is 9.72 Å². The summed E-state index contributed by atoms with van der Waals surface area (Å²) < 4.78 is 7.67. The number of carbonyl (C=O) groups excluding carboxylic acids is 2. The zero-order valence-corrected chi connectivity index (χ0v) is 21.2. The summed E-state index contributed by atoms with van der Waals surface area (Å²) in [6, 6.07) is 15.8. The number of carbonyl (C=O) groups is 2. The minimum atomic E-state index is -0.520. The highest BCUT2D eigenvalue weighted by molar-refractivity contribution is 5.89. The van der Waals surface area contributed by atoms with E-state index in [1.807, 2.05) is 49.1 Å². The molecule has 0 radical (unpaired) electrons. The van der Waals surface area contributed by atoms with Gasteiger partial charge >= 0.3 is 0 Å². The number of imidazole rings is 1. The number of benzene rings is 1. The number of hydrogen-bond donors (Lipinski definition) is 1. The average molecular weight is 489 g/mol. The van der Waals surface area contributed by atoms with Crippen molar-refractivity contribution in [2.45, 2.75) is 58.0 Å². The zero-order valence-electron chi connectivity index (χ0n) is 21.2. The van der Waals surface area contributed by atoms with Crippen molar-refractivity contribution in [3.8, 4) is 11.3 Å². The van der Waals surface area contributed by atoms with Crippen LogP contribution in [-0.2, 0) is 14.3 Å². The van der Waals surface area contributed by atoms with Gasteiger partial charge in [-0.25, -0.2) is 4.98 Å². The summed E-state index contributed by atoms with van der Waals surface area (Å²) in [5.74, 6) is -0.0599. The Labute approximate surface area is 212 Å². The van der Waals surface area contributed by atoms with Crippen molar-refractivity contribution in [3.05, 3.63) is 60.4 Å². The number of likely N-dealkylation sites (tertiary alicyclic amines) is 1. The third-order valence-corrected chi connectivity index (χ3v) is 7.82. The maximum atomic E-state index is 14.0. The molecule has 36 heavy (non-hydrogen) atoms. The van der Waals surface area contributed by atoms with Gasteiger partial charge in [0.15, 0.2) is 0 Å². The van der Waals surface area contributed by atoms with Crippen molar-refractivity contribution < 1.29 is 14.3 Å². The predicted octanol–water partition coefficient (Wildman–Crippen LogP) is 4.62. The van der Waals surface area contributed by atoms with Crippen LogP contribution in [0.3, 0.4) is 0 Å². The summed E-state index contributed by atoms with van der Waals surface area (Å²) in [6.45, 7) is 5.86. The van der Waals surface area contributed by atoms with E-state index in [2.05, 4.69) is 34.1 Å². The molecule has 0 bridgehead atoms. The molecule has 3 atom stereocenters. The second kappa shape index (κ2) is 10.8. The second-order valence-corrected chi connectivity index (χ2v) is 10.1. The normalized spacial score (nSPS) is 20.4. The number of rotatable bonds is 7. The molecule has 1 aromatic carbocycles. The number of nitrogens with zero attached hydrogens (tertiary/aromatic N) is 3. The van der Waals surface area contributed by atoms with Crippen molar-refractivity contribution >= 4 is 17.5 Å². The highest BCUT2D eigenvalue weighted by atomic mass is 16.5. The molecule has 0 saturated carbocycles. The maximum absolute atomic E-state index is 14.0. The summed E-state index contributed by atoms with van der Waals surface area (Å²) in [4.78, 5) is 33.8. The lowest BCUT2D eigenvalue weighted by atomic mass is 9.90. The molecule has 4 heterocycles. The Morgan fingerprint density at radius 1 is 1.08 bits per heavy atom. The van der Waals surface area contributed by atoms with E-state index < -0.39 is 6.04 Å². The number of pyridine rings is 1. The lowest BCUT2D eigenvalue weighted by molar-refractivity contribution is -0.140. The van der Waals surface area contributed by atoms with Gasteiger partial charge in [-0.05, 0) is 55.7 Å². The van der Waals surface area contributed by atoms with Crippen LogP contribution in [0.2, 0.25) is 0 Å². The third-order valence-electron chi connectivity index (χ3n) is 7.82. The molecule has 190 valence electrons. The summed E-state index contributed by atoms with van der Waals surface area (Å²) in [5.41, 5.74) is 3.97. The van der Waals surface area contributed by atoms with Gasteiger partial charge in [0, 0.05) is 31.9 Å². The average Bonchev–Trinajstić information content (AvgIpc) is 3.59. The summed E-state index contributed by atoms with van der Waals surface area (Å²) in [7, 11) is 0. The van der Waals surface area contributed by atoms with E-state index in [1.165, 1.54) is 0 Å². The van der Waals surface area contributed by atoms with Gasteiger partial charge in [-0.2, -0.15) is 0 Å². The van der Waals surface area contributed by atoms with Crippen LogP contribution in [0.1, 0.15) is 57.7 Å². The van der Waals surface area contributed by atoms with Gasteiger partial charge < -0.3 is 15.0 Å². The number of hydrogen-bond acceptors (Lipinski definition) is 4. The van der Waals surface area contributed by atoms with Crippen LogP contribution in [0.15, 0.2) is 54.7 Å². The fourth-order valence-electron chi connectivity index (χ4n) is 5.46. The fourth-order valence-corrected chi connectivity index (χ4v) is 5.46. The molecule has 2 aliphatic heterocycles. The number of ether oxygens (including phenoxy) is 1. The monoisotopic (exact) mass is 488 g/mol. The Hall–Kier alpha value is -3.19. The molecule has 2 aliphatic rings. The van der Waals surface area contributed by atoms with Gasteiger partial charge in [-0.1, -0.05) is 50.2 Å². The van der Waals surface area contributed by atoms with E-state index >= 15 is 0 Å². The van der Waals surface area contributed by atoms with Crippen LogP contribution in [-0.4, -0.2) is 51.9 Å². The Bertz CT molecular complexity index is 1200. The molecular formula is C29H36N4O3. The molecule has 2 fully saturated rings. The van der Waals surface area contributed by atoms with Crippen LogP contribution in [0.5, 0.6) is 0 Å². The summed E-state index contributed by atoms with van der Waals surface area (Å²) in [6.07, 6.45) is 6.19. The zero-order chi connectivity index (χ0) is 25.1. The first-order valence-corrected chi connectivity index (χ1v) is 13.3. The molecule has 7 heteroatoms. The van der Waals surface area contributed by atoms with E-state index in [-0.39, 0.29) is 29.7 Å². The van der Waals surface area contributed by atoms with Gasteiger partial charge in [0.2, 0.25) is 11.8 Å². The molecule has 1 N–H and O–H groups in total. The van der Waals surface area contributed by atoms with Crippen LogP contribution in [0.25, 0.3) is 16.9 Å². The predicted molar refractivity (Wildman–Crippen MR) is 139 cm³/mol. The van der Waals surface area contributed by atoms with Crippen molar-refractivity contribution in [1.29, 1.82) is 0 Å². The highest BCUT2D eigenvalue weighted by Crippen LogP contribution is 2.34. The standard InChI is InChI=1S/C29H36N4O3/c1-3-20(2)28(34)31-27(22-14-17-36-18-15-22)29(35)32-16-8-12-25(32)23-19-33-24(11-7-13-26(33)30-23)21-9-5-4-6-10-21/h4-7,9-11,13,19-20,22,25,27H,3,8,12,14-18H2,1-2H3,(H,31,34)/t20-,25+,27+/m1/s1. The molecule has 2 saturated heterocycles. The van der Waals surface area contributed by atoms with Crippen molar-refractivity contribution in [1.82, 2.24) is 19.6 Å². The highest BCUT2D eigenvalue weighted by Gasteiger charge is 2.40. The van der Waals surface area contributed by atoms with Crippen molar-refractivity contribution in [2.75, 3.05) is 19.8 Å². The molecule has 0 spiro atoms. The second-order valence-electron chi connectivity index (χ2n) is 10.1. The number of fused-ring (bicyclic) bond motifs is 1. The smallest absolute Gasteiger partial charge is 0.246 e. The first kappa shape index (κ1) is 24.5. The molecule has 7 nitrogen and oxygen atoms in total. The summed E-state index contributed by atoms with van der Waals surface area (Å²) in [5, 5.41) is 3.13. The fraction of sp³-hybridized carbons (Fsp3) is 0.483. The minimum absolute atomic E-state index is 0.0152. The Morgan fingerprint density at radius 2 is 1.86 bits per heavy atom. The molecular weight excluding hydrogens is 452 g/mol. The van der Waals surface area contributed by atoms with Crippen LogP contribution >= 0.6 is 0 Å². The number of amides is 2. The topological polar surface area (TPSA) is 75.9 Å². The quantitative estimate of drug-likeness (QED) is 0.527. The minimum Gasteiger partial charge on any atom is -0.381 e. The SMILES string of the molecule is CC[C@@H](C)C(=O)N[C@H](C(=O)N1CCC[C@H]1c1cn2c(-c3ccccc3)cccc2n1)C1CCOCC1. The Kier molecular flexibility index (Phi) is 7.37. The lowest BCUT2D eigenvalue weighted by Gasteiger charge is -2.35. The van der Waals surface area contributed by atoms with Gasteiger partial charge in [0.05, 0.1) is 17.4 Å². The molecule has 3 aromatic rings. The van der Waals surface area contributed by atoms with Crippen LogP contribution in [0, 0.1) is 11.8 Å². The molecule has 2 aromatic heterocycles. The first-order chi connectivity index (χ1) is 17.6. The first-order valence-electron chi connectivity index (χ1n) is 13.3.